The van der Waals surface area contributed by atoms with Gasteiger partial charge in [0.05, 0.1) is 17.4 Å². The molecular weight excluding hydrogens is 355 g/mol. The number of para-hydroxylation sites is 1. The minimum Gasteiger partial charge on any atom is -0.368 e. The Hall–Kier alpha value is -3.41. The Kier molecular flexibility index (Phi) is 5.19. The van der Waals surface area contributed by atoms with Gasteiger partial charge in [-0.2, -0.15) is 0 Å². The SMILES string of the molecule is O=C(c1cncc(Nc2cccc(F)c2)c1)N1CCN(c2ccccc2)CC1. The standard InChI is InChI=1S/C22H21FN4O/c23-18-5-4-6-19(14-18)25-20-13-17(15-24-16-20)22(28)27-11-9-26(10-12-27)21-7-2-1-3-8-21/h1-8,13-16,25H,9-12H2. The first-order valence-electron chi connectivity index (χ1n) is 9.26. The van der Waals surface area contributed by atoms with E-state index in [-0.39, 0.29) is 11.7 Å². The summed E-state index contributed by atoms with van der Waals surface area (Å²) in [4.78, 5) is 21.2. The zero-order valence-corrected chi connectivity index (χ0v) is 15.4. The lowest BCUT2D eigenvalue weighted by Gasteiger charge is -2.36. The van der Waals surface area contributed by atoms with E-state index in [9.17, 15) is 9.18 Å². The van der Waals surface area contributed by atoms with E-state index in [1.54, 1.807) is 30.6 Å². The Labute approximate surface area is 163 Å². The van der Waals surface area contributed by atoms with Crippen molar-refractivity contribution in [3.63, 3.8) is 0 Å². The summed E-state index contributed by atoms with van der Waals surface area (Å²) in [5.41, 5.74) is 2.97. The summed E-state index contributed by atoms with van der Waals surface area (Å²) in [6, 6.07) is 18.2. The summed E-state index contributed by atoms with van der Waals surface area (Å²) < 4.78 is 13.4. The number of hydrogen-bond donors (Lipinski definition) is 1. The van der Waals surface area contributed by atoms with Crippen LogP contribution in [0.1, 0.15) is 10.4 Å². The third kappa shape index (κ3) is 4.11. The van der Waals surface area contributed by atoms with Crippen LogP contribution in [0.4, 0.5) is 21.5 Å². The molecule has 1 aliphatic rings. The second kappa shape index (κ2) is 8.08. The van der Waals surface area contributed by atoms with Gasteiger partial charge in [0.2, 0.25) is 0 Å². The molecule has 5 nitrogen and oxygen atoms in total. The quantitative estimate of drug-likeness (QED) is 0.750. The number of aromatic nitrogens is 1. The van der Waals surface area contributed by atoms with E-state index in [4.69, 9.17) is 0 Å². The number of piperazine rings is 1. The highest BCUT2D eigenvalue weighted by molar-refractivity contribution is 5.95. The molecule has 1 amide bonds. The third-order valence-electron chi connectivity index (χ3n) is 4.79. The van der Waals surface area contributed by atoms with E-state index in [1.165, 1.54) is 17.8 Å². The normalized spacial score (nSPS) is 14.0. The number of halogens is 1. The molecule has 0 aliphatic carbocycles. The predicted molar refractivity (Wildman–Crippen MR) is 108 cm³/mol. The topological polar surface area (TPSA) is 48.5 Å². The van der Waals surface area contributed by atoms with Gasteiger partial charge < -0.3 is 15.1 Å². The molecule has 1 aromatic heterocycles. The summed E-state index contributed by atoms with van der Waals surface area (Å²) in [5.74, 6) is -0.357. The predicted octanol–water partition coefficient (Wildman–Crippen LogP) is 3.93. The number of amides is 1. The highest BCUT2D eigenvalue weighted by Gasteiger charge is 2.22. The van der Waals surface area contributed by atoms with E-state index < -0.39 is 0 Å². The highest BCUT2D eigenvalue weighted by atomic mass is 19.1. The molecule has 3 aromatic rings. The van der Waals surface area contributed by atoms with Gasteiger partial charge in [0, 0.05) is 43.8 Å². The van der Waals surface area contributed by atoms with Crippen molar-refractivity contribution in [3.8, 4) is 0 Å². The van der Waals surface area contributed by atoms with Gasteiger partial charge in [-0.05, 0) is 36.4 Å². The minimum atomic E-state index is -0.318. The molecule has 0 spiro atoms. The van der Waals surface area contributed by atoms with Crippen LogP contribution in [0.15, 0.2) is 73.1 Å². The molecule has 142 valence electrons. The summed E-state index contributed by atoms with van der Waals surface area (Å²) in [6.07, 6.45) is 3.19. The van der Waals surface area contributed by atoms with Gasteiger partial charge in [-0.3, -0.25) is 9.78 Å². The van der Waals surface area contributed by atoms with Crippen LogP contribution in [-0.2, 0) is 0 Å². The van der Waals surface area contributed by atoms with Crippen LogP contribution in [0.2, 0.25) is 0 Å². The molecule has 0 saturated carbocycles. The van der Waals surface area contributed by atoms with E-state index in [1.807, 2.05) is 23.1 Å². The van der Waals surface area contributed by atoms with Gasteiger partial charge >= 0.3 is 0 Å². The van der Waals surface area contributed by atoms with Crippen molar-refractivity contribution in [3.05, 3.63) is 84.4 Å². The Balaban J connectivity index is 1.41. The molecule has 28 heavy (non-hydrogen) atoms. The maximum atomic E-state index is 13.4. The summed E-state index contributed by atoms with van der Waals surface area (Å²) in [7, 11) is 0. The number of anilines is 3. The molecule has 2 heterocycles. The first-order valence-corrected chi connectivity index (χ1v) is 9.26. The van der Waals surface area contributed by atoms with Crippen molar-refractivity contribution in [1.82, 2.24) is 9.88 Å². The molecule has 0 unspecified atom stereocenters. The van der Waals surface area contributed by atoms with Crippen molar-refractivity contribution in [2.45, 2.75) is 0 Å². The summed E-state index contributed by atoms with van der Waals surface area (Å²) in [6.45, 7) is 2.92. The van der Waals surface area contributed by atoms with Gasteiger partial charge in [-0.15, -0.1) is 0 Å². The lowest BCUT2D eigenvalue weighted by Crippen LogP contribution is -2.48. The smallest absolute Gasteiger partial charge is 0.255 e. The van der Waals surface area contributed by atoms with Crippen LogP contribution in [0.25, 0.3) is 0 Å². The van der Waals surface area contributed by atoms with Gasteiger partial charge in [0.25, 0.3) is 5.91 Å². The average Bonchev–Trinajstić information content (AvgIpc) is 2.74. The molecule has 1 N–H and O–H groups in total. The third-order valence-corrected chi connectivity index (χ3v) is 4.79. The monoisotopic (exact) mass is 376 g/mol. The van der Waals surface area contributed by atoms with Crippen LogP contribution >= 0.6 is 0 Å². The largest absolute Gasteiger partial charge is 0.368 e. The maximum Gasteiger partial charge on any atom is 0.255 e. The van der Waals surface area contributed by atoms with Crippen LogP contribution in [0, 0.1) is 5.82 Å². The van der Waals surface area contributed by atoms with E-state index in [2.05, 4.69) is 27.3 Å². The van der Waals surface area contributed by atoms with Crippen LogP contribution in [-0.4, -0.2) is 42.0 Å². The summed E-state index contributed by atoms with van der Waals surface area (Å²) >= 11 is 0. The molecule has 0 bridgehead atoms. The second-order valence-corrected chi connectivity index (χ2v) is 6.71. The van der Waals surface area contributed by atoms with Gasteiger partial charge in [-0.1, -0.05) is 24.3 Å². The zero-order chi connectivity index (χ0) is 19.3. The fraction of sp³-hybridized carbons (Fsp3) is 0.182. The van der Waals surface area contributed by atoms with Crippen LogP contribution < -0.4 is 10.2 Å². The van der Waals surface area contributed by atoms with E-state index >= 15 is 0 Å². The van der Waals surface area contributed by atoms with Crippen molar-refractivity contribution in [1.29, 1.82) is 0 Å². The molecule has 1 fully saturated rings. The number of carbonyl (C=O) groups excluding carboxylic acids is 1. The molecule has 2 aromatic carbocycles. The Bertz CT molecular complexity index is 956. The lowest BCUT2D eigenvalue weighted by molar-refractivity contribution is 0.0746. The minimum absolute atomic E-state index is 0.0388. The van der Waals surface area contributed by atoms with Crippen molar-refractivity contribution < 1.29 is 9.18 Å². The van der Waals surface area contributed by atoms with Gasteiger partial charge in [0.1, 0.15) is 5.82 Å². The van der Waals surface area contributed by atoms with Crippen LogP contribution in [0.3, 0.4) is 0 Å². The molecule has 6 heteroatoms. The van der Waals surface area contributed by atoms with Gasteiger partial charge in [-0.25, -0.2) is 4.39 Å². The zero-order valence-electron chi connectivity index (χ0n) is 15.4. The number of pyridine rings is 1. The van der Waals surface area contributed by atoms with Crippen molar-refractivity contribution in [2.75, 3.05) is 36.4 Å². The second-order valence-electron chi connectivity index (χ2n) is 6.71. The first kappa shape index (κ1) is 18.0. The van der Waals surface area contributed by atoms with Crippen molar-refractivity contribution >= 4 is 23.0 Å². The van der Waals surface area contributed by atoms with E-state index in [0.717, 1.165) is 13.1 Å². The molecule has 0 radical (unpaired) electrons. The first-order chi connectivity index (χ1) is 13.7. The number of nitrogens with one attached hydrogen (secondary N) is 1. The van der Waals surface area contributed by atoms with Crippen molar-refractivity contribution in [2.24, 2.45) is 0 Å². The molecule has 4 rings (SSSR count). The number of nitrogens with zero attached hydrogens (tertiary/aromatic N) is 3. The molecule has 1 aliphatic heterocycles. The number of carbonyl (C=O) groups is 1. The highest BCUT2D eigenvalue weighted by Crippen LogP contribution is 2.20. The number of hydrogen-bond acceptors (Lipinski definition) is 4. The average molecular weight is 376 g/mol. The maximum absolute atomic E-state index is 13.4. The Morgan fingerprint density at radius 1 is 0.893 bits per heavy atom. The number of rotatable bonds is 4. The Morgan fingerprint density at radius 3 is 2.43 bits per heavy atom. The molecule has 1 saturated heterocycles. The fourth-order valence-corrected chi connectivity index (χ4v) is 3.35. The molecular formula is C22H21FN4O. The fourth-order valence-electron chi connectivity index (χ4n) is 3.35. The lowest BCUT2D eigenvalue weighted by atomic mass is 10.2. The molecule has 0 atom stereocenters. The Morgan fingerprint density at radius 2 is 1.68 bits per heavy atom. The van der Waals surface area contributed by atoms with Gasteiger partial charge in [0.15, 0.2) is 0 Å². The van der Waals surface area contributed by atoms with Crippen LogP contribution in [0.5, 0.6) is 0 Å². The summed E-state index contributed by atoms with van der Waals surface area (Å²) in [5, 5.41) is 3.09. The number of benzene rings is 2. The van der Waals surface area contributed by atoms with E-state index in [0.29, 0.717) is 30.0 Å².